The van der Waals surface area contributed by atoms with Crippen LogP contribution in [0.25, 0.3) is 99.0 Å². The van der Waals surface area contributed by atoms with E-state index >= 15 is 0 Å². The third-order valence-corrected chi connectivity index (χ3v) is 10.4. The van der Waals surface area contributed by atoms with Crippen molar-refractivity contribution in [2.75, 3.05) is 0 Å². The van der Waals surface area contributed by atoms with E-state index in [1.165, 1.54) is 65.5 Å². The molecule has 0 saturated heterocycles. The molecule has 0 spiro atoms. The van der Waals surface area contributed by atoms with E-state index in [1.807, 2.05) is 0 Å². The quantitative estimate of drug-likeness (QED) is 0.168. The second kappa shape index (κ2) is 12.5. The number of hydrogen-bond acceptors (Lipinski definition) is 1. The summed E-state index contributed by atoms with van der Waals surface area (Å²) in [5.41, 5.74) is 11.3. The number of nitrogens with zero attached hydrogens (tertiary/aromatic N) is 1. The van der Waals surface area contributed by atoms with Crippen molar-refractivity contribution in [1.29, 1.82) is 0 Å². The Balaban J connectivity index is 1.07. The van der Waals surface area contributed by atoms with Gasteiger partial charge in [0.2, 0.25) is 0 Å². The molecule has 0 aliphatic rings. The first-order valence-corrected chi connectivity index (χ1v) is 17.9. The third kappa shape index (κ3) is 5.14. The van der Waals surface area contributed by atoms with Gasteiger partial charge in [-0.05, 0) is 95.3 Å². The molecule has 9 aromatic carbocycles. The van der Waals surface area contributed by atoms with Crippen LogP contribution in [0.1, 0.15) is 0 Å². The Morgan fingerprint density at radius 2 is 0.712 bits per heavy atom. The first-order valence-electron chi connectivity index (χ1n) is 17.9. The van der Waals surface area contributed by atoms with Crippen LogP contribution in [0, 0.1) is 0 Å². The van der Waals surface area contributed by atoms with E-state index in [1.54, 1.807) is 0 Å². The molecule has 10 rings (SSSR count). The zero-order valence-electron chi connectivity index (χ0n) is 28.5. The van der Waals surface area contributed by atoms with E-state index in [9.17, 15) is 0 Å². The summed E-state index contributed by atoms with van der Waals surface area (Å²) in [5.74, 6) is 0. The molecule has 10 aromatic rings. The molecule has 0 fully saturated rings. The summed E-state index contributed by atoms with van der Waals surface area (Å²) in [6, 6.07) is 72.2. The van der Waals surface area contributed by atoms with Gasteiger partial charge in [0.05, 0.1) is 11.4 Å². The lowest BCUT2D eigenvalue weighted by Gasteiger charge is -2.15. The highest BCUT2D eigenvalue weighted by Gasteiger charge is 2.15. The normalized spacial score (nSPS) is 11.5. The van der Waals surface area contributed by atoms with Crippen LogP contribution in [0.5, 0.6) is 0 Å². The van der Waals surface area contributed by atoms with Gasteiger partial charge in [-0.3, -0.25) is 0 Å². The summed E-state index contributed by atoms with van der Waals surface area (Å²) in [6.45, 7) is 0. The zero-order chi connectivity index (χ0) is 34.4. The van der Waals surface area contributed by atoms with Gasteiger partial charge in [-0.1, -0.05) is 176 Å². The standard InChI is InChI=1S/C51H33N/c1-2-14-34(15-3-1)41-21-6-11-27-48(41)51-42-22-5-4-16-39(42)33-50(52-51)40-20-13-19-37(31-40)35-17-12-18-36(30-35)38-28-29-47-45-25-8-7-23-43(45)44-24-9-10-26-46(44)49(47)32-38/h1-33H. The van der Waals surface area contributed by atoms with Gasteiger partial charge in [0.1, 0.15) is 0 Å². The molecule has 0 bridgehead atoms. The highest BCUT2D eigenvalue weighted by molar-refractivity contribution is 6.25. The third-order valence-electron chi connectivity index (χ3n) is 10.4. The van der Waals surface area contributed by atoms with Crippen molar-refractivity contribution in [2.45, 2.75) is 0 Å². The maximum Gasteiger partial charge on any atom is 0.0794 e. The minimum Gasteiger partial charge on any atom is -0.247 e. The van der Waals surface area contributed by atoms with E-state index in [4.69, 9.17) is 4.98 Å². The Hall–Kier alpha value is -6.83. The van der Waals surface area contributed by atoms with Crippen LogP contribution < -0.4 is 0 Å². The van der Waals surface area contributed by atoms with Crippen molar-refractivity contribution in [3.05, 3.63) is 200 Å². The van der Waals surface area contributed by atoms with Gasteiger partial charge in [-0.15, -0.1) is 0 Å². The molecular weight excluding hydrogens is 627 g/mol. The molecule has 242 valence electrons. The molecule has 0 atom stereocenters. The van der Waals surface area contributed by atoms with Crippen LogP contribution in [-0.2, 0) is 0 Å². The van der Waals surface area contributed by atoms with Crippen LogP contribution in [-0.4, -0.2) is 4.98 Å². The van der Waals surface area contributed by atoms with Gasteiger partial charge < -0.3 is 0 Å². The fourth-order valence-corrected chi connectivity index (χ4v) is 7.93. The fraction of sp³-hybridized carbons (Fsp3) is 0. The first kappa shape index (κ1) is 30.0. The minimum atomic E-state index is 0.961. The van der Waals surface area contributed by atoms with Crippen molar-refractivity contribution in [1.82, 2.24) is 4.98 Å². The molecule has 0 aliphatic heterocycles. The van der Waals surface area contributed by atoms with Gasteiger partial charge in [-0.2, -0.15) is 0 Å². The molecule has 0 N–H and O–H groups in total. The van der Waals surface area contributed by atoms with Crippen molar-refractivity contribution >= 4 is 43.1 Å². The average molecular weight is 660 g/mol. The van der Waals surface area contributed by atoms with Gasteiger partial charge in [0.25, 0.3) is 0 Å². The molecule has 1 heterocycles. The van der Waals surface area contributed by atoms with Gasteiger partial charge >= 0.3 is 0 Å². The number of aromatic nitrogens is 1. The Morgan fingerprint density at radius 1 is 0.250 bits per heavy atom. The lowest BCUT2D eigenvalue weighted by molar-refractivity contribution is 1.35. The number of pyridine rings is 1. The summed E-state index contributed by atoms with van der Waals surface area (Å²) in [7, 11) is 0. The van der Waals surface area contributed by atoms with E-state index in [2.05, 4.69) is 200 Å². The summed E-state index contributed by atoms with van der Waals surface area (Å²) in [6.07, 6.45) is 0. The second-order valence-corrected chi connectivity index (χ2v) is 13.5. The molecule has 52 heavy (non-hydrogen) atoms. The summed E-state index contributed by atoms with van der Waals surface area (Å²) in [4.78, 5) is 5.40. The molecule has 1 aromatic heterocycles. The lowest BCUT2D eigenvalue weighted by Crippen LogP contribution is -1.93. The number of fused-ring (bicyclic) bond motifs is 7. The SMILES string of the molecule is c1ccc(-c2ccccc2-c2nc(-c3cccc(-c4cccc(-c5ccc6c7ccccc7c7ccccc7c6c5)c4)c3)cc3ccccc23)cc1. The van der Waals surface area contributed by atoms with E-state index in [0.29, 0.717) is 0 Å². The molecular formula is C51H33N. The second-order valence-electron chi connectivity index (χ2n) is 13.5. The Kier molecular flexibility index (Phi) is 7.22. The van der Waals surface area contributed by atoms with Crippen LogP contribution in [0.4, 0.5) is 0 Å². The summed E-state index contributed by atoms with van der Waals surface area (Å²) in [5, 5.41) is 10.1. The van der Waals surface area contributed by atoms with Crippen LogP contribution in [0.3, 0.4) is 0 Å². The highest BCUT2D eigenvalue weighted by atomic mass is 14.7. The summed E-state index contributed by atoms with van der Waals surface area (Å²) >= 11 is 0. The van der Waals surface area contributed by atoms with Crippen LogP contribution >= 0.6 is 0 Å². The van der Waals surface area contributed by atoms with Gasteiger partial charge in [-0.25, -0.2) is 4.98 Å². The maximum absolute atomic E-state index is 5.40. The maximum atomic E-state index is 5.40. The number of hydrogen-bond donors (Lipinski definition) is 0. The Bertz CT molecular complexity index is 2920. The van der Waals surface area contributed by atoms with E-state index in [-0.39, 0.29) is 0 Å². The Labute approximate surface area is 303 Å². The largest absolute Gasteiger partial charge is 0.247 e. The predicted octanol–water partition coefficient (Wildman–Crippen LogP) is 14.0. The molecule has 0 amide bonds. The molecule has 0 saturated carbocycles. The predicted molar refractivity (Wildman–Crippen MR) is 221 cm³/mol. The highest BCUT2D eigenvalue weighted by Crippen LogP contribution is 2.40. The van der Waals surface area contributed by atoms with Gasteiger partial charge in [0, 0.05) is 16.5 Å². The monoisotopic (exact) mass is 659 g/mol. The molecule has 0 unspecified atom stereocenters. The first-order chi connectivity index (χ1) is 25.8. The van der Waals surface area contributed by atoms with E-state index in [0.717, 1.165) is 33.5 Å². The number of benzene rings is 9. The minimum absolute atomic E-state index is 0.961. The molecule has 1 nitrogen and oxygen atoms in total. The lowest BCUT2D eigenvalue weighted by atomic mass is 9.91. The zero-order valence-corrected chi connectivity index (χ0v) is 28.5. The fourth-order valence-electron chi connectivity index (χ4n) is 7.93. The summed E-state index contributed by atoms with van der Waals surface area (Å²) < 4.78 is 0. The van der Waals surface area contributed by atoms with Crippen molar-refractivity contribution in [3.63, 3.8) is 0 Å². The van der Waals surface area contributed by atoms with Crippen LogP contribution in [0.15, 0.2) is 200 Å². The molecule has 0 radical (unpaired) electrons. The Morgan fingerprint density at radius 3 is 1.38 bits per heavy atom. The smallest absolute Gasteiger partial charge is 0.0794 e. The average Bonchev–Trinajstić information content (AvgIpc) is 3.23. The van der Waals surface area contributed by atoms with Crippen molar-refractivity contribution in [2.24, 2.45) is 0 Å². The van der Waals surface area contributed by atoms with Crippen LogP contribution in [0.2, 0.25) is 0 Å². The topological polar surface area (TPSA) is 12.9 Å². The number of rotatable bonds is 5. The van der Waals surface area contributed by atoms with Crippen molar-refractivity contribution in [3.8, 4) is 55.9 Å². The molecule has 1 heteroatoms. The van der Waals surface area contributed by atoms with E-state index < -0.39 is 0 Å². The van der Waals surface area contributed by atoms with Gasteiger partial charge in [0.15, 0.2) is 0 Å². The van der Waals surface area contributed by atoms with Crippen molar-refractivity contribution < 1.29 is 0 Å². The molecule has 0 aliphatic carbocycles.